The van der Waals surface area contributed by atoms with Crippen LogP contribution < -0.4 is 4.74 Å². The number of hydrogen-bond donors (Lipinski definition) is 1. The zero-order chi connectivity index (χ0) is 18.6. The molecule has 0 aliphatic carbocycles. The Morgan fingerprint density at radius 3 is 2.60 bits per heavy atom. The number of ketones is 1. The highest BCUT2D eigenvalue weighted by Gasteiger charge is 2.26. The number of ether oxygens (including phenoxy) is 2. The number of carbonyl (C=O) groups excluding carboxylic acids is 2. The van der Waals surface area contributed by atoms with Crippen molar-refractivity contribution in [2.24, 2.45) is 0 Å². The fourth-order valence-electron chi connectivity index (χ4n) is 2.61. The Kier molecular flexibility index (Phi) is 5.60. The highest BCUT2D eigenvalue weighted by molar-refractivity contribution is 6.03. The van der Waals surface area contributed by atoms with E-state index in [0.29, 0.717) is 33.8 Å². The van der Waals surface area contributed by atoms with E-state index in [9.17, 15) is 9.59 Å². The number of para-hydroxylation sites is 1. The lowest BCUT2D eigenvalue weighted by Crippen LogP contribution is -2.25. The molecular formula is C19H20N2O4. The monoisotopic (exact) mass is 340 g/mol. The second kappa shape index (κ2) is 7.67. The van der Waals surface area contributed by atoms with Crippen LogP contribution in [0, 0.1) is 25.2 Å². The Morgan fingerprint density at radius 1 is 1.28 bits per heavy atom. The van der Waals surface area contributed by atoms with Crippen molar-refractivity contribution in [3.8, 4) is 11.8 Å². The van der Waals surface area contributed by atoms with E-state index < -0.39 is 12.1 Å². The molecule has 1 unspecified atom stereocenters. The maximum Gasteiger partial charge on any atom is 0.340 e. The largest absolute Gasteiger partial charge is 0.481 e. The van der Waals surface area contributed by atoms with Crippen LogP contribution >= 0.6 is 0 Å². The van der Waals surface area contributed by atoms with Crippen molar-refractivity contribution >= 4 is 11.8 Å². The number of carbonyl (C=O) groups is 2. The van der Waals surface area contributed by atoms with Crippen LogP contribution in [0.15, 0.2) is 24.3 Å². The van der Waals surface area contributed by atoms with Gasteiger partial charge in [-0.15, -0.1) is 0 Å². The second-order valence-electron chi connectivity index (χ2n) is 5.58. The highest BCUT2D eigenvalue weighted by Crippen LogP contribution is 2.23. The van der Waals surface area contributed by atoms with Gasteiger partial charge in [0.05, 0.1) is 23.4 Å². The molecule has 1 N–H and O–H groups in total. The summed E-state index contributed by atoms with van der Waals surface area (Å²) in [5, 5.41) is 9.11. The van der Waals surface area contributed by atoms with E-state index in [0.717, 1.165) is 0 Å². The van der Waals surface area contributed by atoms with Crippen molar-refractivity contribution in [3.05, 3.63) is 52.3 Å². The summed E-state index contributed by atoms with van der Waals surface area (Å²) in [5.41, 5.74) is 2.14. The quantitative estimate of drug-likeness (QED) is 0.643. The Balaban J connectivity index is 2.27. The van der Waals surface area contributed by atoms with Gasteiger partial charge in [0.25, 0.3) is 0 Å². The lowest BCUT2D eigenvalue weighted by Gasteiger charge is -2.14. The van der Waals surface area contributed by atoms with Gasteiger partial charge in [0.1, 0.15) is 11.8 Å². The Morgan fingerprint density at radius 2 is 1.96 bits per heavy atom. The molecule has 6 nitrogen and oxygen atoms in total. The predicted octanol–water partition coefficient (Wildman–Crippen LogP) is 3.33. The number of Topliss-reactive ketones (excluding diaryl/α,β-unsaturated/α-hetero) is 1. The fraction of sp³-hybridized carbons (Fsp3) is 0.316. The summed E-state index contributed by atoms with van der Waals surface area (Å²) in [6.45, 7) is 7.00. The molecule has 1 atom stereocenters. The van der Waals surface area contributed by atoms with E-state index >= 15 is 0 Å². The third kappa shape index (κ3) is 3.72. The molecule has 1 heterocycles. The van der Waals surface area contributed by atoms with Crippen LogP contribution in [0.4, 0.5) is 0 Å². The summed E-state index contributed by atoms with van der Waals surface area (Å²) in [4.78, 5) is 27.7. The molecule has 130 valence electrons. The number of benzene rings is 1. The van der Waals surface area contributed by atoms with Crippen LogP contribution in [0.2, 0.25) is 0 Å². The summed E-state index contributed by atoms with van der Waals surface area (Å²) in [5.74, 6) is -0.419. The lowest BCUT2D eigenvalue weighted by molar-refractivity contribution is 0.0525. The molecule has 0 spiro atoms. The molecule has 2 aromatic rings. The van der Waals surface area contributed by atoms with Crippen LogP contribution in [0.5, 0.6) is 5.75 Å². The molecule has 0 amide bonds. The van der Waals surface area contributed by atoms with Crippen molar-refractivity contribution in [2.75, 3.05) is 6.61 Å². The third-order valence-electron chi connectivity index (χ3n) is 3.84. The van der Waals surface area contributed by atoms with Crippen molar-refractivity contribution in [1.82, 2.24) is 4.98 Å². The molecule has 25 heavy (non-hydrogen) atoms. The van der Waals surface area contributed by atoms with Gasteiger partial charge >= 0.3 is 5.97 Å². The Hall–Kier alpha value is -3.07. The van der Waals surface area contributed by atoms with Crippen molar-refractivity contribution in [2.45, 2.75) is 33.8 Å². The van der Waals surface area contributed by atoms with Gasteiger partial charge in [-0.1, -0.05) is 12.1 Å². The first-order valence-electron chi connectivity index (χ1n) is 7.96. The Bertz CT molecular complexity index is 846. The Labute approximate surface area is 146 Å². The van der Waals surface area contributed by atoms with Crippen LogP contribution in [0.25, 0.3) is 0 Å². The normalized spacial score (nSPS) is 11.5. The molecule has 0 radical (unpaired) electrons. The first kappa shape index (κ1) is 18.3. The van der Waals surface area contributed by atoms with E-state index in [4.69, 9.17) is 14.7 Å². The minimum absolute atomic E-state index is 0.261. The molecule has 2 rings (SSSR count). The molecule has 0 bridgehead atoms. The second-order valence-corrected chi connectivity index (χ2v) is 5.58. The fourth-order valence-corrected chi connectivity index (χ4v) is 2.61. The summed E-state index contributed by atoms with van der Waals surface area (Å²) in [6, 6.07) is 8.74. The van der Waals surface area contributed by atoms with E-state index in [1.807, 2.05) is 6.07 Å². The zero-order valence-electron chi connectivity index (χ0n) is 14.7. The number of H-pyrrole nitrogens is 1. The summed E-state index contributed by atoms with van der Waals surface area (Å²) >= 11 is 0. The number of nitrogens with one attached hydrogen (secondary N) is 1. The van der Waals surface area contributed by atoms with Gasteiger partial charge in [0.2, 0.25) is 5.78 Å². The van der Waals surface area contributed by atoms with Crippen LogP contribution in [0.3, 0.4) is 0 Å². The number of nitriles is 1. The molecule has 0 aliphatic heterocycles. The molecule has 0 saturated carbocycles. The van der Waals surface area contributed by atoms with E-state index in [2.05, 4.69) is 4.98 Å². The minimum Gasteiger partial charge on any atom is -0.481 e. The average Bonchev–Trinajstić information content (AvgIpc) is 2.89. The number of aromatic amines is 1. The average molecular weight is 340 g/mol. The SMILES string of the molecule is CCOC(=O)c1c(C)[nH]c(C(=O)C(C)Oc2ccccc2C#N)c1C. The molecule has 0 saturated heterocycles. The van der Waals surface area contributed by atoms with E-state index in [1.54, 1.807) is 52.0 Å². The maximum absolute atomic E-state index is 12.7. The summed E-state index contributed by atoms with van der Waals surface area (Å²) < 4.78 is 10.7. The topological polar surface area (TPSA) is 92.2 Å². The summed E-state index contributed by atoms with van der Waals surface area (Å²) in [7, 11) is 0. The smallest absolute Gasteiger partial charge is 0.340 e. The first-order chi connectivity index (χ1) is 11.9. The van der Waals surface area contributed by atoms with Crippen molar-refractivity contribution in [3.63, 3.8) is 0 Å². The van der Waals surface area contributed by atoms with Gasteiger partial charge in [-0.2, -0.15) is 5.26 Å². The van der Waals surface area contributed by atoms with E-state index in [-0.39, 0.29) is 12.4 Å². The number of aromatic nitrogens is 1. The number of nitrogens with zero attached hydrogens (tertiary/aromatic N) is 1. The van der Waals surface area contributed by atoms with Gasteiger partial charge in [0.15, 0.2) is 6.10 Å². The standard InChI is InChI=1S/C19H20N2O4/c1-5-24-19(23)16-11(2)17(21-12(16)3)18(22)13(4)25-15-9-7-6-8-14(15)10-20/h6-9,13,21H,5H2,1-4H3. The van der Waals surface area contributed by atoms with Gasteiger partial charge < -0.3 is 14.5 Å². The van der Waals surface area contributed by atoms with E-state index in [1.165, 1.54) is 0 Å². The van der Waals surface area contributed by atoms with Crippen LogP contribution in [-0.2, 0) is 4.74 Å². The predicted molar refractivity (Wildman–Crippen MR) is 91.8 cm³/mol. The van der Waals surface area contributed by atoms with Gasteiger partial charge in [-0.25, -0.2) is 4.79 Å². The molecule has 1 aromatic heterocycles. The maximum atomic E-state index is 12.7. The molecule has 0 aliphatic rings. The minimum atomic E-state index is -0.818. The zero-order valence-corrected chi connectivity index (χ0v) is 14.7. The van der Waals surface area contributed by atoms with Crippen molar-refractivity contribution in [1.29, 1.82) is 5.26 Å². The molecule has 0 fully saturated rings. The van der Waals surface area contributed by atoms with Gasteiger partial charge in [-0.3, -0.25) is 4.79 Å². The third-order valence-corrected chi connectivity index (χ3v) is 3.84. The van der Waals surface area contributed by atoms with Gasteiger partial charge in [0, 0.05) is 5.69 Å². The lowest BCUT2D eigenvalue weighted by atomic mass is 10.1. The molecule has 6 heteroatoms. The van der Waals surface area contributed by atoms with Crippen LogP contribution in [0.1, 0.15) is 51.5 Å². The van der Waals surface area contributed by atoms with Gasteiger partial charge in [-0.05, 0) is 45.4 Å². The first-order valence-corrected chi connectivity index (χ1v) is 7.96. The highest BCUT2D eigenvalue weighted by atomic mass is 16.5. The molecular weight excluding hydrogens is 320 g/mol. The number of esters is 1. The van der Waals surface area contributed by atoms with Crippen LogP contribution in [-0.4, -0.2) is 29.4 Å². The number of hydrogen-bond acceptors (Lipinski definition) is 5. The van der Waals surface area contributed by atoms with Crippen molar-refractivity contribution < 1.29 is 19.1 Å². The summed E-state index contributed by atoms with van der Waals surface area (Å²) in [6.07, 6.45) is -0.818. The number of rotatable bonds is 6. The molecule has 1 aromatic carbocycles. The number of aryl methyl sites for hydroxylation is 1.